The van der Waals surface area contributed by atoms with E-state index in [1.807, 2.05) is 31.3 Å². The summed E-state index contributed by atoms with van der Waals surface area (Å²) >= 11 is 0. The summed E-state index contributed by atoms with van der Waals surface area (Å²) in [7, 11) is 1.91. The summed E-state index contributed by atoms with van der Waals surface area (Å²) in [4.78, 5) is 2.43. The van der Waals surface area contributed by atoms with E-state index in [9.17, 15) is 0 Å². The first-order chi connectivity index (χ1) is 9.19. The zero-order chi connectivity index (χ0) is 13.7. The Bertz CT molecular complexity index is 378. The van der Waals surface area contributed by atoms with Gasteiger partial charge in [0.15, 0.2) is 0 Å². The van der Waals surface area contributed by atoms with Gasteiger partial charge >= 0.3 is 0 Å². The fourth-order valence-electron chi connectivity index (χ4n) is 2.22. The van der Waals surface area contributed by atoms with E-state index in [0.717, 1.165) is 31.1 Å². The average Bonchev–Trinajstić information content (AvgIpc) is 2.46. The molecule has 1 fully saturated rings. The second-order valence-corrected chi connectivity index (χ2v) is 5.17. The van der Waals surface area contributed by atoms with Gasteiger partial charge in [0.2, 0.25) is 0 Å². The Morgan fingerprint density at radius 3 is 2.74 bits per heavy atom. The van der Waals surface area contributed by atoms with Gasteiger partial charge in [0, 0.05) is 31.9 Å². The Labute approximate surface area is 115 Å². The molecule has 0 bridgehead atoms. The molecule has 1 aliphatic heterocycles. The first-order valence-electron chi connectivity index (χ1n) is 6.95. The number of anilines is 1. The van der Waals surface area contributed by atoms with Crippen LogP contribution >= 0.6 is 0 Å². The highest BCUT2D eigenvalue weighted by atomic mass is 16.5. The van der Waals surface area contributed by atoms with Crippen molar-refractivity contribution in [2.24, 2.45) is 0 Å². The van der Waals surface area contributed by atoms with Crippen LogP contribution in [0.2, 0.25) is 0 Å². The molecule has 1 atom stereocenters. The number of nitrogens with one attached hydrogen (secondary N) is 1. The quantitative estimate of drug-likeness (QED) is 0.884. The highest BCUT2D eigenvalue weighted by Gasteiger charge is 2.22. The van der Waals surface area contributed by atoms with Gasteiger partial charge in [0.1, 0.15) is 18.5 Å². The highest BCUT2D eigenvalue weighted by Crippen LogP contribution is 2.16. The van der Waals surface area contributed by atoms with Crippen molar-refractivity contribution in [3.63, 3.8) is 0 Å². The van der Waals surface area contributed by atoms with Crippen molar-refractivity contribution in [3.05, 3.63) is 24.3 Å². The van der Waals surface area contributed by atoms with E-state index in [1.54, 1.807) is 0 Å². The summed E-state index contributed by atoms with van der Waals surface area (Å²) in [5.41, 5.74) is 1.09. The van der Waals surface area contributed by atoms with Crippen LogP contribution in [0, 0.1) is 0 Å². The number of morpholine rings is 1. The molecule has 1 heterocycles. The molecule has 0 radical (unpaired) electrons. The second kappa shape index (κ2) is 6.78. The maximum atomic E-state index is 5.79. The van der Waals surface area contributed by atoms with Crippen LogP contribution in [0.4, 0.5) is 5.69 Å². The van der Waals surface area contributed by atoms with Gasteiger partial charge < -0.3 is 14.8 Å². The number of rotatable bonds is 5. The zero-order valence-electron chi connectivity index (χ0n) is 12.1. The van der Waals surface area contributed by atoms with Crippen LogP contribution in [0.5, 0.6) is 5.75 Å². The van der Waals surface area contributed by atoms with Crippen molar-refractivity contribution >= 4 is 5.69 Å². The first kappa shape index (κ1) is 14.2. The lowest BCUT2D eigenvalue weighted by Gasteiger charge is -2.35. The molecule has 1 saturated heterocycles. The van der Waals surface area contributed by atoms with Crippen LogP contribution in [0.15, 0.2) is 24.3 Å². The fourth-order valence-corrected chi connectivity index (χ4v) is 2.22. The molecule has 0 aliphatic carbocycles. The van der Waals surface area contributed by atoms with Crippen LogP contribution in [0.3, 0.4) is 0 Å². The summed E-state index contributed by atoms with van der Waals surface area (Å²) < 4.78 is 11.5. The summed E-state index contributed by atoms with van der Waals surface area (Å²) in [6.45, 7) is 7.82. The maximum Gasteiger partial charge on any atom is 0.119 e. The molecule has 4 nitrogen and oxygen atoms in total. The number of benzene rings is 1. The Morgan fingerprint density at radius 2 is 2.11 bits per heavy atom. The summed E-state index contributed by atoms with van der Waals surface area (Å²) in [5, 5.41) is 3.09. The van der Waals surface area contributed by atoms with E-state index in [0.29, 0.717) is 12.6 Å². The van der Waals surface area contributed by atoms with Crippen molar-refractivity contribution in [2.75, 3.05) is 38.7 Å². The van der Waals surface area contributed by atoms with Crippen LogP contribution in [0.25, 0.3) is 0 Å². The van der Waals surface area contributed by atoms with Gasteiger partial charge in [-0.3, -0.25) is 4.90 Å². The van der Waals surface area contributed by atoms with E-state index in [4.69, 9.17) is 9.47 Å². The molecule has 1 N–H and O–H groups in total. The molecule has 4 heteroatoms. The Morgan fingerprint density at radius 1 is 1.37 bits per heavy atom. The zero-order valence-corrected chi connectivity index (χ0v) is 12.1. The van der Waals surface area contributed by atoms with Gasteiger partial charge in [-0.05, 0) is 38.1 Å². The minimum atomic E-state index is 0.167. The number of hydrogen-bond acceptors (Lipinski definition) is 4. The van der Waals surface area contributed by atoms with E-state index >= 15 is 0 Å². The molecule has 2 rings (SSSR count). The van der Waals surface area contributed by atoms with Gasteiger partial charge in [-0.15, -0.1) is 0 Å². The monoisotopic (exact) mass is 264 g/mol. The lowest BCUT2D eigenvalue weighted by Crippen LogP contribution is -2.47. The molecular weight excluding hydrogens is 240 g/mol. The maximum absolute atomic E-state index is 5.79. The van der Waals surface area contributed by atoms with Gasteiger partial charge in [0.25, 0.3) is 0 Å². The normalized spacial score (nSPS) is 20.5. The summed E-state index contributed by atoms with van der Waals surface area (Å²) in [6.07, 6.45) is 0.167. The topological polar surface area (TPSA) is 33.7 Å². The lowest BCUT2D eigenvalue weighted by molar-refractivity contribution is -0.0564. The molecule has 106 valence electrons. The van der Waals surface area contributed by atoms with Crippen LogP contribution in [0.1, 0.15) is 13.8 Å². The number of nitrogens with zero attached hydrogens (tertiary/aromatic N) is 1. The third-order valence-electron chi connectivity index (χ3n) is 3.48. The van der Waals surface area contributed by atoms with Gasteiger partial charge in [-0.25, -0.2) is 0 Å². The lowest BCUT2D eigenvalue weighted by atomic mass is 10.2. The van der Waals surface area contributed by atoms with Gasteiger partial charge in [-0.1, -0.05) is 0 Å². The van der Waals surface area contributed by atoms with Crippen LogP contribution < -0.4 is 10.1 Å². The number of hydrogen-bond donors (Lipinski definition) is 1. The molecule has 19 heavy (non-hydrogen) atoms. The molecule has 0 saturated carbocycles. The summed E-state index contributed by atoms with van der Waals surface area (Å²) in [5.74, 6) is 0.893. The molecule has 0 aromatic heterocycles. The Hall–Kier alpha value is -1.26. The molecule has 0 amide bonds. The smallest absolute Gasteiger partial charge is 0.119 e. The predicted octanol–water partition coefficient (Wildman–Crippen LogP) is 2.22. The van der Waals surface area contributed by atoms with Gasteiger partial charge in [0.05, 0.1) is 6.61 Å². The van der Waals surface area contributed by atoms with Crippen molar-refractivity contribution in [1.29, 1.82) is 0 Å². The fraction of sp³-hybridized carbons (Fsp3) is 0.600. The van der Waals surface area contributed by atoms with Crippen molar-refractivity contribution in [2.45, 2.75) is 26.0 Å². The van der Waals surface area contributed by atoms with Crippen molar-refractivity contribution in [3.8, 4) is 5.75 Å². The first-order valence-corrected chi connectivity index (χ1v) is 6.95. The largest absolute Gasteiger partial charge is 0.491 e. The molecule has 1 aliphatic rings. The van der Waals surface area contributed by atoms with Crippen LogP contribution in [-0.2, 0) is 4.74 Å². The predicted molar refractivity (Wildman–Crippen MR) is 77.9 cm³/mol. The molecule has 0 spiro atoms. The van der Waals surface area contributed by atoms with E-state index in [2.05, 4.69) is 24.1 Å². The van der Waals surface area contributed by atoms with E-state index in [1.165, 1.54) is 0 Å². The van der Waals surface area contributed by atoms with Crippen molar-refractivity contribution in [1.82, 2.24) is 4.90 Å². The van der Waals surface area contributed by atoms with E-state index < -0.39 is 0 Å². The third kappa shape index (κ3) is 4.11. The third-order valence-corrected chi connectivity index (χ3v) is 3.48. The standard InChI is InChI=1S/C15H24N2O2/c1-12(2)17-8-9-18-15(10-17)11-19-14-6-4-13(16-3)5-7-14/h4-7,12,15-16H,8-11H2,1-3H3. The average molecular weight is 264 g/mol. The Kier molecular flexibility index (Phi) is 5.05. The molecule has 1 aromatic rings. The SMILES string of the molecule is CNc1ccc(OCC2CN(C(C)C)CCO2)cc1. The minimum Gasteiger partial charge on any atom is -0.491 e. The Balaban J connectivity index is 1.80. The van der Waals surface area contributed by atoms with Crippen LogP contribution in [-0.4, -0.2) is 50.4 Å². The minimum absolute atomic E-state index is 0.167. The number of ether oxygens (including phenoxy) is 2. The van der Waals surface area contributed by atoms with E-state index in [-0.39, 0.29) is 6.10 Å². The second-order valence-electron chi connectivity index (χ2n) is 5.17. The van der Waals surface area contributed by atoms with Crippen molar-refractivity contribution < 1.29 is 9.47 Å². The molecule has 1 aromatic carbocycles. The summed E-state index contributed by atoms with van der Waals surface area (Å²) in [6, 6.07) is 8.56. The van der Waals surface area contributed by atoms with Gasteiger partial charge in [-0.2, -0.15) is 0 Å². The molecule has 1 unspecified atom stereocenters. The highest BCUT2D eigenvalue weighted by molar-refractivity contribution is 5.45. The molecular formula is C15H24N2O2.